The number of halogens is 1. The van der Waals surface area contributed by atoms with Gasteiger partial charge in [0.25, 0.3) is 5.91 Å². The molecular weight excluding hydrogens is 328 g/mol. The van der Waals surface area contributed by atoms with Gasteiger partial charge in [-0.3, -0.25) is 4.79 Å². The molecule has 0 atom stereocenters. The van der Waals surface area contributed by atoms with Crippen LogP contribution < -0.4 is 15.8 Å². The zero-order valence-corrected chi connectivity index (χ0v) is 12.7. The van der Waals surface area contributed by atoms with Crippen LogP contribution in [0.5, 0.6) is 5.75 Å². The van der Waals surface area contributed by atoms with Gasteiger partial charge in [0.15, 0.2) is 0 Å². The van der Waals surface area contributed by atoms with Crippen LogP contribution in [0.4, 0.5) is 5.69 Å². The Hall–Kier alpha value is -1.53. The highest BCUT2D eigenvalue weighted by Crippen LogP contribution is 2.22. The topological polar surface area (TPSA) is 64.3 Å². The highest BCUT2D eigenvalue weighted by molar-refractivity contribution is 9.10. The summed E-state index contributed by atoms with van der Waals surface area (Å²) in [5.41, 5.74) is 6.75. The van der Waals surface area contributed by atoms with Crippen molar-refractivity contribution in [2.75, 3.05) is 12.8 Å². The fraction of sp³-hybridized carbons (Fsp3) is 0.154. The van der Waals surface area contributed by atoms with E-state index in [1.807, 2.05) is 11.4 Å². The van der Waals surface area contributed by atoms with Crippen LogP contribution in [0.15, 0.2) is 34.1 Å². The van der Waals surface area contributed by atoms with Crippen LogP contribution in [0.3, 0.4) is 0 Å². The van der Waals surface area contributed by atoms with Crippen molar-refractivity contribution < 1.29 is 9.53 Å². The molecule has 1 aromatic heterocycles. The van der Waals surface area contributed by atoms with Crippen molar-refractivity contribution >= 4 is 38.9 Å². The van der Waals surface area contributed by atoms with E-state index in [4.69, 9.17) is 10.5 Å². The van der Waals surface area contributed by atoms with Gasteiger partial charge in [0.05, 0.1) is 19.3 Å². The Kier molecular flexibility index (Phi) is 4.44. The monoisotopic (exact) mass is 340 g/mol. The van der Waals surface area contributed by atoms with Crippen molar-refractivity contribution in [3.05, 3.63) is 44.6 Å². The summed E-state index contributed by atoms with van der Waals surface area (Å²) < 4.78 is 6.12. The lowest BCUT2D eigenvalue weighted by atomic mass is 10.2. The average molecular weight is 341 g/mol. The number of benzene rings is 1. The number of amides is 1. The first-order valence-corrected chi connectivity index (χ1v) is 7.22. The van der Waals surface area contributed by atoms with E-state index in [-0.39, 0.29) is 5.91 Å². The van der Waals surface area contributed by atoms with Gasteiger partial charge >= 0.3 is 0 Å². The number of ether oxygens (including phenoxy) is 1. The number of carbonyl (C=O) groups excluding carboxylic acids is 1. The van der Waals surface area contributed by atoms with Crippen LogP contribution in [0.2, 0.25) is 0 Å². The summed E-state index contributed by atoms with van der Waals surface area (Å²) in [5, 5.41) is 4.83. The third-order valence-corrected chi connectivity index (χ3v) is 4.24. The van der Waals surface area contributed by atoms with Gasteiger partial charge in [-0.2, -0.15) is 0 Å². The van der Waals surface area contributed by atoms with Crippen molar-refractivity contribution in [1.29, 1.82) is 0 Å². The van der Waals surface area contributed by atoms with Crippen molar-refractivity contribution in [1.82, 2.24) is 5.32 Å². The van der Waals surface area contributed by atoms with E-state index in [1.54, 1.807) is 29.5 Å². The fourth-order valence-electron chi connectivity index (χ4n) is 1.57. The maximum atomic E-state index is 12.0. The molecule has 19 heavy (non-hydrogen) atoms. The van der Waals surface area contributed by atoms with Crippen LogP contribution in [0, 0.1) is 0 Å². The number of anilines is 1. The second kappa shape index (κ2) is 6.08. The number of nitrogens with two attached hydrogens (primary N) is 1. The van der Waals surface area contributed by atoms with E-state index in [1.165, 1.54) is 7.11 Å². The summed E-state index contributed by atoms with van der Waals surface area (Å²) >= 11 is 4.97. The molecule has 4 nitrogen and oxygen atoms in total. The Bertz CT molecular complexity index is 598. The molecule has 100 valence electrons. The smallest absolute Gasteiger partial charge is 0.251 e. The molecule has 0 aliphatic heterocycles. The summed E-state index contributed by atoms with van der Waals surface area (Å²) in [6.45, 7) is 0.502. The lowest BCUT2D eigenvalue weighted by molar-refractivity contribution is 0.0951. The molecular formula is C13H13BrN2O2S. The van der Waals surface area contributed by atoms with E-state index in [0.29, 0.717) is 23.5 Å². The minimum absolute atomic E-state index is 0.150. The Morgan fingerprint density at radius 2 is 2.26 bits per heavy atom. The predicted octanol–water partition coefficient (Wildman–Crippen LogP) is 3.03. The molecule has 2 rings (SSSR count). The second-order valence-electron chi connectivity index (χ2n) is 3.87. The maximum absolute atomic E-state index is 12.0. The van der Waals surface area contributed by atoms with Crippen LogP contribution in [-0.4, -0.2) is 13.0 Å². The highest BCUT2D eigenvalue weighted by Gasteiger charge is 2.09. The first kappa shape index (κ1) is 13.9. The highest BCUT2D eigenvalue weighted by atomic mass is 79.9. The van der Waals surface area contributed by atoms with Crippen LogP contribution in [0.25, 0.3) is 0 Å². The molecule has 0 aliphatic carbocycles. The molecule has 3 N–H and O–H groups in total. The minimum Gasteiger partial charge on any atom is -0.495 e. The van der Waals surface area contributed by atoms with E-state index >= 15 is 0 Å². The standard InChI is InChI=1S/C13H13BrN2O2S/c1-18-12-4-8(2-3-11(12)15)13(17)16-6-10-5-9(14)7-19-10/h2-5,7H,6,15H2,1H3,(H,16,17). The summed E-state index contributed by atoms with van der Waals surface area (Å²) in [4.78, 5) is 13.1. The molecule has 0 radical (unpaired) electrons. The van der Waals surface area contributed by atoms with Gasteiger partial charge < -0.3 is 15.8 Å². The molecule has 6 heteroatoms. The van der Waals surface area contributed by atoms with Gasteiger partial charge in [0, 0.05) is 20.3 Å². The molecule has 0 saturated carbocycles. The number of thiophene rings is 1. The normalized spacial score (nSPS) is 10.2. The van der Waals surface area contributed by atoms with Crippen molar-refractivity contribution in [2.24, 2.45) is 0 Å². The zero-order valence-electron chi connectivity index (χ0n) is 10.3. The number of rotatable bonds is 4. The van der Waals surface area contributed by atoms with Crippen molar-refractivity contribution in [3.63, 3.8) is 0 Å². The van der Waals surface area contributed by atoms with Gasteiger partial charge in [-0.1, -0.05) is 0 Å². The number of hydrogen-bond acceptors (Lipinski definition) is 4. The molecule has 0 spiro atoms. The third kappa shape index (κ3) is 3.48. The molecule has 0 saturated heterocycles. The van der Waals surface area contributed by atoms with E-state index in [2.05, 4.69) is 21.2 Å². The Balaban J connectivity index is 2.03. The largest absolute Gasteiger partial charge is 0.495 e. The summed E-state index contributed by atoms with van der Waals surface area (Å²) in [7, 11) is 1.52. The third-order valence-electron chi connectivity index (χ3n) is 2.54. The lowest BCUT2D eigenvalue weighted by Gasteiger charge is -2.07. The quantitative estimate of drug-likeness (QED) is 0.840. The average Bonchev–Trinajstić information content (AvgIpc) is 2.82. The number of hydrogen-bond donors (Lipinski definition) is 2. The molecule has 1 aromatic carbocycles. The number of carbonyl (C=O) groups is 1. The molecule has 1 amide bonds. The van der Waals surface area contributed by atoms with Crippen LogP contribution in [0.1, 0.15) is 15.2 Å². The van der Waals surface area contributed by atoms with Gasteiger partial charge in [-0.05, 0) is 40.2 Å². The van der Waals surface area contributed by atoms with Gasteiger partial charge in [-0.15, -0.1) is 11.3 Å². The van der Waals surface area contributed by atoms with Crippen molar-refractivity contribution in [3.8, 4) is 5.75 Å². The first-order valence-electron chi connectivity index (χ1n) is 5.55. The number of methoxy groups -OCH3 is 1. The molecule has 0 unspecified atom stereocenters. The van der Waals surface area contributed by atoms with E-state index < -0.39 is 0 Å². The van der Waals surface area contributed by atoms with Crippen LogP contribution >= 0.6 is 27.3 Å². The minimum atomic E-state index is -0.150. The number of nitrogen functional groups attached to an aromatic ring is 1. The zero-order chi connectivity index (χ0) is 13.8. The SMILES string of the molecule is COc1cc(C(=O)NCc2cc(Br)cs2)ccc1N. The lowest BCUT2D eigenvalue weighted by Crippen LogP contribution is -2.22. The van der Waals surface area contributed by atoms with Crippen LogP contribution in [-0.2, 0) is 6.54 Å². The van der Waals surface area contributed by atoms with E-state index in [9.17, 15) is 4.79 Å². The first-order chi connectivity index (χ1) is 9.10. The molecule has 1 heterocycles. The Labute approximate surface area is 123 Å². The molecule has 0 bridgehead atoms. The summed E-state index contributed by atoms with van der Waals surface area (Å²) in [6, 6.07) is 6.95. The van der Waals surface area contributed by atoms with Gasteiger partial charge in [-0.25, -0.2) is 0 Å². The maximum Gasteiger partial charge on any atom is 0.251 e. The fourth-order valence-corrected chi connectivity index (χ4v) is 2.96. The van der Waals surface area contributed by atoms with Crippen molar-refractivity contribution in [2.45, 2.75) is 6.54 Å². The molecule has 2 aromatic rings. The van der Waals surface area contributed by atoms with Gasteiger partial charge in [0.1, 0.15) is 5.75 Å². The Morgan fingerprint density at radius 1 is 1.47 bits per heavy atom. The molecule has 0 aliphatic rings. The Morgan fingerprint density at radius 3 is 2.89 bits per heavy atom. The van der Waals surface area contributed by atoms with E-state index in [0.717, 1.165) is 9.35 Å². The van der Waals surface area contributed by atoms with Gasteiger partial charge in [0.2, 0.25) is 0 Å². The molecule has 0 fully saturated rings. The number of nitrogens with one attached hydrogen (secondary N) is 1. The predicted molar refractivity (Wildman–Crippen MR) is 80.6 cm³/mol. The second-order valence-corrected chi connectivity index (χ2v) is 5.78. The summed E-state index contributed by atoms with van der Waals surface area (Å²) in [5.74, 6) is 0.356. The summed E-state index contributed by atoms with van der Waals surface area (Å²) in [6.07, 6.45) is 0.